The SMILES string of the molecule is Cc1cccc(CNC(=O)c2cc(NCCCN(C)C)ncn2)c1. The predicted octanol–water partition coefficient (Wildman–Crippen LogP) is 2.08. The molecular weight excluding hydrogens is 302 g/mol. The first-order valence-corrected chi connectivity index (χ1v) is 8.09. The molecule has 1 aromatic heterocycles. The van der Waals surface area contributed by atoms with Gasteiger partial charge in [-0.3, -0.25) is 4.79 Å². The molecule has 2 N–H and O–H groups in total. The highest BCUT2D eigenvalue weighted by Crippen LogP contribution is 2.06. The lowest BCUT2D eigenvalue weighted by Gasteiger charge is -2.10. The Bertz CT molecular complexity index is 672. The predicted molar refractivity (Wildman–Crippen MR) is 96.0 cm³/mol. The summed E-state index contributed by atoms with van der Waals surface area (Å²) in [6.07, 6.45) is 2.42. The number of rotatable bonds is 8. The van der Waals surface area contributed by atoms with E-state index >= 15 is 0 Å². The van der Waals surface area contributed by atoms with E-state index in [9.17, 15) is 4.79 Å². The van der Waals surface area contributed by atoms with E-state index in [0.29, 0.717) is 18.1 Å². The highest BCUT2D eigenvalue weighted by molar-refractivity contribution is 5.92. The third-order valence-electron chi connectivity index (χ3n) is 3.52. The fraction of sp³-hybridized carbons (Fsp3) is 0.389. The van der Waals surface area contributed by atoms with Gasteiger partial charge in [0.15, 0.2) is 0 Å². The molecule has 1 amide bonds. The van der Waals surface area contributed by atoms with Gasteiger partial charge in [0.25, 0.3) is 5.91 Å². The second kappa shape index (κ2) is 8.98. The first kappa shape index (κ1) is 17.9. The normalized spacial score (nSPS) is 10.7. The van der Waals surface area contributed by atoms with Gasteiger partial charge in [-0.1, -0.05) is 29.8 Å². The number of aryl methyl sites for hydroxylation is 1. The number of aromatic nitrogens is 2. The van der Waals surface area contributed by atoms with Gasteiger partial charge in [-0.25, -0.2) is 9.97 Å². The molecule has 1 heterocycles. The van der Waals surface area contributed by atoms with Crippen LogP contribution in [-0.2, 0) is 6.54 Å². The maximum atomic E-state index is 12.2. The molecule has 0 radical (unpaired) electrons. The third-order valence-corrected chi connectivity index (χ3v) is 3.52. The van der Waals surface area contributed by atoms with Crippen molar-refractivity contribution in [2.45, 2.75) is 19.9 Å². The highest BCUT2D eigenvalue weighted by Gasteiger charge is 2.08. The Hall–Kier alpha value is -2.47. The summed E-state index contributed by atoms with van der Waals surface area (Å²) in [5, 5.41) is 6.11. The summed E-state index contributed by atoms with van der Waals surface area (Å²) in [7, 11) is 4.09. The number of hydrogen-bond donors (Lipinski definition) is 2. The molecule has 1 aromatic carbocycles. The van der Waals surface area contributed by atoms with Gasteiger partial charge in [0.05, 0.1) is 0 Å². The number of carbonyl (C=O) groups is 1. The van der Waals surface area contributed by atoms with Crippen molar-refractivity contribution in [2.75, 3.05) is 32.5 Å². The van der Waals surface area contributed by atoms with Crippen LogP contribution in [0.3, 0.4) is 0 Å². The Labute approximate surface area is 143 Å². The van der Waals surface area contributed by atoms with Gasteiger partial charge in [0.1, 0.15) is 17.8 Å². The molecule has 128 valence electrons. The molecule has 2 aromatic rings. The van der Waals surface area contributed by atoms with Crippen LogP contribution in [0, 0.1) is 6.92 Å². The minimum atomic E-state index is -0.199. The van der Waals surface area contributed by atoms with Crippen molar-refractivity contribution in [3.8, 4) is 0 Å². The Morgan fingerprint density at radius 1 is 1.21 bits per heavy atom. The van der Waals surface area contributed by atoms with Crippen LogP contribution in [0.1, 0.15) is 28.0 Å². The Kier molecular flexibility index (Phi) is 6.69. The maximum Gasteiger partial charge on any atom is 0.270 e. The average molecular weight is 327 g/mol. The van der Waals surface area contributed by atoms with Crippen LogP contribution in [0.2, 0.25) is 0 Å². The molecule has 0 atom stereocenters. The molecule has 0 bridgehead atoms. The fourth-order valence-electron chi connectivity index (χ4n) is 2.28. The van der Waals surface area contributed by atoms with Crippen LogP contribution >= 0.6 is 0 Å². The summed E-state index contributed by atoms with van der Waals surface area (Å²) in [4.78, 5) is 22.6. The van der Waals surface area contributed by atoms with Crippen LogP contribution < -0.4 is 10.6 Å². The number of nitrogens with zero attached hydrogens (tertiary/aromatic N) is 3. The van der Waals surface area contributed by atoms with E-state index in [2.05, 4.69) is 31.6 Å². The molecular formula is C18H25N5O. The summed E-state index contributed by atoms with van der Waals surface area (Å²) < 4.78 is 0. The molecule has 0 spiro atoms. The molecule has 6 heteroatoms. The molecule has 2 rings (SSSR count). The van der Waals surface area contributed by atoms with Gasteiger partial charge in [-0.2, -0.15) is 0 Å². The fourth-order valence-corrected chi connectivity index (χ4v) is 2.28. The van der Waals surface area contributed by atoms with E-state index in [0.717, 1.165) is 25.1 Å². The van der Waals surface area contributed by atoms with Crippen LogP contribution in [0.5, 0.6) is 0 Å². The summed E-state index contributed by atoms with van der Waals surface area (Å²) in [6, 6.07) is 9.74. The summed E-state index contributed by atoms with van der Waals surface area (Å²) >= 11 is 0. The van der Waals surface area contributed by atoms with Crippen molar-refractivity contribution in [3.05, 3.63) is 53.5 Å². The van der Waals surface area contributed by atoms with Crippen LogP contribution in [0.15, 0.2) is 36.7 Å². The van der Waals surface area contributed by atoms with Gasteiger partial charge in [-0.15, -0.1) is 0 Å². The summed E-state index contributed by atoms with van der Waals surface area (Å²) in [5.41, 5.74) is 2.61. The van der Waals surface area contributed by atoms with Gasteiger partial charge in [0.2, 0.25) is 0 Å². The first-order chi connectivity index (χ1) is 11.5. The zero-order valence-corrected chi connectivity index (χ0v) is 14.5. The zero-order valence-electron chi connectivity index (χ0n) is 14.5. The molecule has 0 aliphatic carbocycles. The van der Waals surface area contributed by atoms with Crippen LogP contribution in [-0.4, -0.2) is 48.0 Å². The molecule has 24 heavy (non-hydrogen) atoms. The lowest BCUT2D eigenvalue weighted by molar-refractivity contribution is 0.0946. The minimum absolute atomic E-state index is 0.199. The smallest absolute Gasteiger partial charge is 0.270 e. The molecule has 0 aliphatic rings. The zero-order chi connectivity index (χ0) is 17.4. The van der Waals surface area contributed by atoms with E-state index in [1.165, 1.54) is 11.9 Å². The van der Waals surface area contributed by atoms with Gasteiger partial charge >= 0.3 is 0 Å². The Morgan fingerprint density at radius 3 is 2.79 bits per heavy atom. The van der Waals surface area contributed by atoms with Crippen molar-refractivity contribution < 1.29 is 4.79 Å². The van der Waals surface area contributed by atoms with Crippen molar-refractivity contribution in [1.29, 1.82) is 0 Å². The molecule has 0 aliphatic heterocycles. The molecule has 0 saturated heterocycles. The highest BCUT2D eigenvalue weighted by atomic mass is 16.1. The monoisotopic (exact) mass is 327 g/mol. The van der Waals surface area contributed by atoms with Gasteiger partial charge < -0.3 is 15.5 Å². The quantitative estimate of drug-likeness (QED) is 0.727. The van der Waals surface area contributed by atoms with Gasteiger partial charge in [-0.05, 0) is 39.5 Å². The molecule has 6 nitrogen and oxygen atoms in total. The number of carbonyl (C=O) groups excluding carboxylic acids is 1. The summed E-state index contributed by atoms with van der Waals surface area (Å²) in [5.74, 6) is 0.472. The van der Waals surface area contributed by atoms with Gasteiger partial charge in [0, 0.05) is 19.2 Å². The first-order valence-electron chi connectivity index (χ1n) is 8.09. The molecule has 0 fully saturated rings. The topological polar surface area (TPSA) is 70.2 Å². The Morgan fingerprint density at radius 2 is 2.04 bits per heavy atom. The van der Waals surface area contributed by atoms with E-state index in [1.54, 1.807) is 6.07 Å². The number of amides is 1. The van der Waals surface area contributed by atoms with Crippen molar-refractivity contribution in [3.63, 3.8) is 0 Å². The summed E-state index contributed by atoms with van der Waals surface area (Å²) in [6.45, 7) is 4.32. The van der Waals surface area contributed by atoms with E-state index in [4.69, 9.17) is 0 Å². The Balaban J connectivity index is 1.86. The van der Waals surface area contributed by atoms with E-state index in [-0.39, 0.29) is 5.91 Å². The molecule has 0 unspecified atom stereocenters. The van der Waals surface area contributed by atoms with Crippen LogP contribution in [0.25, 0.3) is 0 Å². The van der Waals surface area contributed by atoms with Crippen molar-refractivity contribution in [2.24, 2.45) is 0 Å². The second-order valence-electron chi connectivity index (χ2n) is 6.04. The average Bonchev–Trinajstić information content (AvgIpc) is 2.57. The largest absolute Gasteiger partial charge is 0.370 e. The lowest BCUT2D eigenvalue weighted by Crippen LogP contribution is -2.24. The van der Waals surface area contributed by atoms with Crippen LogP contribution in [0.4, 0.5) is 5.82 Å². The number of benzene rings is 1. The van der Waals surface area contributed by atoms with E-state index in [1.807, 2.05) is 39.2 Å². The van der Waals surface area contributed by atoms with Crippen molar-refractivity contribution in [1.82, 2.24) is 20.2 Å². The number of anilines is 1. The minimum Gasteiger partial charge on any atom is -0.370 e. The number of nitrogens with one attached hydrogen (secondary N) is 2. The maximum absolute atomic E-state index is 12.2. The van der Waals surface area contributed by atoms with E-state index < -0.39 is 0 Å². The standard InChI is InChI=1S/C18H25N5O/c1-14-6-4-7-15(10-14)12-20-18(24)16-11-17(22-13-21-16)19-8-5-9-23(2)3/h4,6-7,10-11,13H,5,8-9,12H2,1-3H3,(H,20,24)(H,19,21,22). The lowest BCUT2D eigenvalue weighted by atomic mass is 10.1. The van der Waals surface area contributed by atoms with Crippen molar-refractivity contribution >= 4 is 11.7 Å². The number of hydrogen-bond acceptors (Lipinski definition) is 5. The third kappa shape index (κ3) is 5.96. The molecule has 0 saturated carbocycles. The second-order valence-corrected chi connectivity index (χ2v) is 6.04.